The number of nitrogens with zero attached hydrogens (tertiary/aromatic N) is 2. The van der Waals surface area contributed by atoms with Crippen LogP contribution in [0.25, 0.3) is 0 Å². The molecule has 1 N–H and O–H groups in total. The molecule has 4 fully saturated rings. The van der Waals surface area contributed by atoms with Crippen LogP contribution in [0.15, 0.2) is 6.20 Å². The van der Waals surface area contributed by atoms with E-state index in [1.54, 1.807) is 0 Å². The molecule has 3 heteroatoms. The fourth-order valence-corrected chi connectivity index (χ4v) is 5.74. The van der Waals surface area contributed by atoms with Crippen molar-refractivity contribution >= 4 is 5.82 Å². The third-order valence-electron chi connectivity index (χ3n) is 6.43. The Hall–Kier alpha value is -1.12. The van der Waals surface area contributed by atoms with Crippen LogP contribution in [-0.4, -0.2) is 16.0 Å². The predicted molar refractivity (Wildman–Crippen MR) is 85.2 cm³/mol. The molecule has 4 aliphatic rings. The Bertz CT molecular complexity index is 516. The van der Waals surface area contributed by atoms with Crippen LogP contribution in [0, 0.1) is 37.0 Å². The van der Waals surface area contributed by atoms with E-state index in [0.717, 1.165) is 35.0 Å². The molecule has 1 aromatic rings. The lowest BCUT2D eigenvalue weighted by atomic mass is 9.48. The van der Waals surface area contributed by atoms with Crippen molar-refractivity contribution in [2.45, 2.75) is 65.3 Å². The Morgan fingerprint density at radius 3 is 2.24 bits per heavy atom. The third kappa shape index (κ3) is 2.25. The Morgan fingerprint density at radius 2 is 1.67 bits per heavy atom. The Morgan fingerprint density at radius 1 is 1.10 bits per heavy atom. The van der Waals surface area contributed by atoms with Crippen LogP contribution in [-0.2, 0) is 0 Å². The van der Waals surface area contributed by atoms with E-state index in [2.05, 4.69) is 29.1 Å². The molecule has 3 nitrogen and oxygen atoms in total. The number of aryl methyl sites for hydroxylation is 2. The topological polar surface area (TPSA) is 37.8 Å². The van der Waals surface area contributed by atoms with E-state index in [1.165, 1.54) is 38.5 Å². The van der Waals surface area contributed by atoms with Gasteiger partial charge in [0.2, 0.25) is 0 Å². The maximum atomic E-state index is 4.67. The van der Waals surface area contributed by atoms with Gasteiger partial charge in [0.15, 0.2) is 0 Å². The lowest BCUT2D eigenvalue weighted by molar-refractivity contribution is -0.0603. The molecule has 1 atom stereocenters. The van der Waals surface area contributed by atoms with Crippen molar-refractivity contribution in [1.29, 1.82) is 0 Å². The van der Waals surface area contributed by atoms with Crippen LogP contribution in [0.4, 0.5) is 5.82 Å². The minimum Gasteiger partial charge on any atom is -0.366 e. The van der Waals surface area contributed by atoms with Crippen LogP contribution in [0.2, 0.25) is 0 Å². The first-order valence-electron chi connectivity index (χ1n) is 8.61. The van der Waals surface area contributed by atoms with Crippen molar-refractivity contribution in [1.82, 2.24) is 9.97 Å². The van der Waals surface area contributed by atoms with Crippen molar-refractivity contribution in [3.8, 4) is 0 Å². The van der Waals surface area contributed by atoms with Gasteiger partial charge in [-0.15, -0.1) is 0 Å². The highest BCUT2D eigenvalue weighted by Crippen LogP contribution is 2.61. The van der Waals surface area contributed by atoms with E-state index < -0.39 is 0 Å². The molecule has 1 unspecified atom stereocenters. The zero-order valence-electron chi connectivity index (χ0n) is 13.5. The number of hydrogen-bond acceptors (Lipinski definition) is 3. The standard InChI is InChI=1S/C18H27N3/c1-11-10-19-12(2)17(20-11)21-13(3)18-7-14-4-15(8-18)6-16(5-14)9-18/h10,13-16H,4-9H2,1-3H3,(H,20,21). The van der Waals surface area contributed by atoms with Gasteiger partial charge in [-0.1, -0.05) is 0 Å². The van der Waals surface area contributed by atoms with Gasteiger partial charge in [-0.25, -0.2) is 4.98 Å². The van der Waals surface area contributed by atoms with Crippen LogP contribution in [0.1, 0.15) is 56.8 Å². The zero-order chi connectivity index (χ0) is 14.6. The predicted octanol–water partition coefficient (Wildman–Crippen LogP) is 4.11. The Labute approximate surface area is 128 Å². The molecule has 1 aromatic heterocycles. The maximum Gasteiger partial charge on any atom is 0.147 e. The molecule has 0 radical (unpaired) electrons. The Balaban J connectivity index is 1.57. The smallest absolute Gasteiger partial charge is 0.147 e. The van der Waals surface area contributed by atoms with Crippen LogP contribution in [0.5, 0.6) is 0 Å². The normalized spacial score (nSPS) is 38.5. The number of rotatable bonds is 3. The molecule has 0 aliphatic heterocycles. The van der Waals surface area contributed by atoms with Crippen molar-refractivity contribution in [3.63, 3.8) is 0 Å². The molecule has 4 saturated carbocycles. The summed E-state index contributed by atoms with van der Waals surface area (Å²) in [4.78, 5) is 9.12. The average molecular weight is 285 g/mol. The van der Waals surface area contributed by atoms with Crippen molar-refractivity contribution in [3.05, 3.63) is 17.6 Å². The molecular weight excluding hydrogens is 258 g/mol. The summed E-state index contributed by atoms with van der Waals surface area (Å²) in [6.45, 7) is 6.46. The van der Waals surface area contributed by atoms with E-state index in [0.29, 0.717) is 11.5 Å². The first-order chi connectivity index (χ1) is 10.0. The Kier molecular flexibility index (Phi) is 3.02. The van der Waals surface area contributed by atoms with Crippen molar-refractivity contribution in [2.24, 2.45) is 23.2 Å². The second kappa shape index (κ2) is 4.69. The first kappa shape index (κ1) is 13.5. The molecule has 21 heavy (non-hydrogen) atoms. The van der Waals surface area contributed by atoms with Gasteiger partial charge in [0, 0.05) is 12.2 Å². The molecule has 114 valence electrons. The van der Waals surface area contributed by atoms with E-state index >= 15 is 0 Å². The molecule has 1 heterocycles. The highest BCUT2D eigenvalue weighted by atomic mass is 15.1. The fourth-order valence-electron chi connectivity index (χ4n) is 5.74. The summed E-state index contributed by atoms with van der Waals surface area (Å²) in [7, 11) is 0. The highest BCUT2D eigenvalue weighted by Gasteiger charge is 2.53. The van der Waals surface area contributed by atoms with Gasteiger partial charge >= 0.3 is 0 Å². The van der Waals surface area contributed by atoms with Gasteiger partial charge < -0.3 is 5.32 Å². The van der Waals surface area contributed by atoms with Crippen molar-refractivity contribution in [2.75, 3.05) is 5.32 Å². The number of aromatic nitrogens is 2. The summed E-state index contributed by atoms with van der Waals surface area (Å²) in [5, 5.41) is 3.73. The second-order valence-corrected chi connectivity index (χ2v) is 8.09. The van der Waals surface area contributed by atoms with Gasteiger partial charge in [0.1, 0.15) is 5.82 Å². The summed E-state index contributed by atoms with van der Waals surface area (Å²) in [5.41, 5.74) is 2.55. The van der Waals surface area contributed by atoms with Gasteiger partial charge in [-0.2, -0.15) is 0 Å². The number of hydrogen-bond donors (Lipinski definition) is 1. The molecule has 0 aromatic carbocycles. The van der Waals surface area contributed by atoms with E-state index in [-0.39, 0.29) is 0 Å². The van der Waals surface area contributed by atoms with E-state index in [1.807, 2.05) is 13.1 Å². The van der Waals surface area contributed by atoms with Crippen molar-refractivity contribution < 1.29 is 0 Å². The summed E-state index contributed by atoms with van der Waals surface area (Å²) in [6, 6.07) is 0.515. The van der Waals surface area contributed by atoms with E-state index in [9.17, 15) is 0 Å². The summed E-state index contributed by atoms with van der Waals surface area (Å²) in [5.74, 6) is 4.01. The van der Waals surface area contributed by atoms with Crippen LogP contribution < -0.4 is 5.32 Å². The first-order valence-corrected chi connectivity index (χ1v) is 8.61. The van der Waals surface area contributed by atoms with Gasteiger partial charge in [0.05, 0.1) is 11.4 Å². The average Bonchev–Trinajstić information content (AvgIpc) is 2.41. The lowest BCUT2D eigenvalue weighted by Crippen LogP contribution is -2.53. The van der Waals surface area contributed by atoms with Gasteiger partial charge in [0.25, 0.3) is 0 Å². The van der Waals surface area contributed by atoms with Gasteiger partial charge in [-0.05, 0) is 82.5 Å². The summed E-state index contributed by atoms with van der Waals surface area (Å²) >= 11 is 0. The zero-order valence-corrected chi connectivity index (χ0v) is 13.5. The van der Waals surface area contributed by atoms with Gasteiger partial charge in [-0.3, -0.25) is 4.98 Å². The quantitative estimate of drug-likeness (QED) is 0.908. The molecule has 4 bridgehead atoms. The molecule has 0 spiro atoms. The molecule has 4 aliphatic carbocycles. The third-order valence-corrected chi connectivity index (χ3v) is 6.43. The fraction of sp³-hybridized carbons (Fsp3) is 0.778. The van der Waals surface area contributed by atoms with Crippen LogP contribution in [0.3, 0.4) is 0 Å². The monoisotopic (exact) mass is 285 g/mol. The lowest BCUT2D eigenvalue weighted by Gasteiger charge is -2.59. The molecular formula is C18H27N3. The largest absolute Gasteiger partial charge is 0.366 e. The SMILES string of the molecule is Cc1cnc(C)c(NC(C)C23CC4CC(CC(C4)C2)C3)n1. The second-order valence-electron chi connectivity index (χ2n) is 8.09. The minimum atomic E-state index is 0.515. The molecule has 0 amide bonds. The summed E-state index contributed by atoms with van der Waals surface area (Å²) in [6.07, 6.45) is 10.7. The minimum absolute atomic E-state index is 0.515. The summed E-state index contributed by atoms with van der Waals surface area (Å²) < 4.78 is 0. The molecule has 0 saturated heterocycles. The number of nitrogens with one attached hydrogen (secondary N) is 1. The number of anilines is 1. The van der Waals surface area contributed by atoms with E-state index in [4.69, 9.17) is 0 Å². The van der Waals surface area contributed by atoms with Crippen LogP contribution >= 0.6 is 0 Å². The highest BCUT2D eigenvalue weighted by molar-refractivity contribution is 5.41. The molecule has 5 rings (SSSR count). The maximum absolute atomic E-state index is 4.67.